The molecule has 37 heavy (non-hydrogen) atoms. The lowest BCUT2D eigenvalue weighted by Gasteiger charge is -2.25. The van der Waals surface area contributed by atoms with Crippen LogP contribution in [0.2, 0.25) is 5.02 Å². The first kappa shape index (κ1) is 23.4. The number of imidazole rings is 1. The van der Waals surface area contributed by atoms with Crippen LogP contribution in [0.25, 0.3) is 28.4 Å². The van der Waals surface area contributed by atoms with Crippen molar-refractivity contribution < 1.29 is 8.42 Å². The van der Waals surface area contributed by atoms with Crippen molar-refractivity contribution in [3.8, 4) is 17.2 Å². The lowest BCUT2D eigenvalue weighted by atomic mass is 10.1. The van der Waals surface area contributed by atoms with Crippen molar-refractivity contribution in [3.63, 3.8) is 0 Å². The number of hydrogen-bond acceptors (Lipinski definition) is 7. The van der Waals surface area contributed by atoms with Gasteiger partial charge >= 0.3 is 5.69 Å². The molecule has 0 aliphatic carbocycles. The minimum absolute atomic E-state index is 0.0240. The van der Waals surface area contributed by atoms with E-state index in [0.717, 1.165) is 30.4 Å². The number of nitrogens with one attached hydrogen (secondary N) is 2. The Hall–Kier alpha value is -4.03. The quantitative estimate of drug-likeness (QED) is 0.358. The average molecular weight is 537 g/mol. The monoisotopic (exact) mass is 536 g/mol. The lowest BCUT2D eigenvalue weighted by molar-refractivity contribution is 0.589. The van der Waals surface area contributed by atoms with E-state index in [2.05, 4.69) is 30.6 Å². The molecule has 0 bridgehead atoms. The number of aryl methyl sites for hydroxylation is 2. The number of fused-ring (bicyclic) bond motifs is 2. The molecule has 3 aromatic heterocycles. The van der Waals surface area contributed by atoms with E-state index in [1.54, 1.807) is 6.07 Å². The summed E-state index contributed by atoms with van der Waals surface area (Å²) in [5.74, 6) is 0.257. The van der Waals surface area contributed by atoms with Gasteiger partial charge in [0.05, 0.1) is 26.8 Å². The van der Waals surface area contributed by atoms with Gasteiger partial charge in [-0.3, -0.25) is 4.31 Å². The average Bonchev–Trinajstić information content (AvgIpc) is 3.47. The zero-order valence-electron chi connectivity index (χ0n) is 19.6. The van der Waals surface area contributed by atoms with Crippen LogP contribution in [-0.2, 0) is 16.4 Å². The van der Waals surface area contributed by atoms with E-state index in [1.165, 1.54) is 27.1 Å². The minimum atomic E-state index is -3.95. The van der Waals surface area contributed by atoms with Crippen LogP contribution < -0.4 is 9.99 Å². The van der Waals surface area contributed by atoms with Crippen LogP contribution >= 0.6 is 11.6 Å². The first-order chi connectivity index (χ1) is 17.8. The molecular formula is C24H21ClN8O3S. The molecule has 5 aromatic rings. The lowest BCUT2D eigenvalue weighted by Crippen LogP contribution is -2.32. The Kier molecular flexibility index (Phi) is 5.57. The number of para-hydroxylation sites is 1. The third-order valence-electron chi connectivity index (χ3n) is 6.48. The van der Waals surface area contributed by atoms with E-state index >= 15 is 0 Å². The number of anilines is 1. The number of benzene rings is 2. The fourth-order valence-electron chi connectivity index (χ4n) is 4.70. The molecule has 0 atom stereocenters. The first-order valence-electron chi connectivity index (χ1n) is 11.6. The molecule has 0 saturated heterocycles. The minimum Gasteiger partial charge on any atom is -0.304 e. The van der Waals surface area contributed by atoms with Crippen molar-refractivity contribution >= 4 is 38.5 Å². The van der Waals surface area contributed by atoms with Crippen molar-refractivity contribution in [2.45, 2.75) is 31.1 Å². The summed E-state index contributed by atoms with van der Waals surface area (Å²) in [6.45, 7) is 2.17. The van der Waals surface area contributed by atoms with Crippen molar-refractivity contribution in [2.75, 3.05) is 10.8 Å². The molecule has 0 spiro atoms. The van der Waals surface area contributed by atoms with Crippen LogP contribution in [0.15, 0.2) is 58.2 Å². The van der Waals surface area contributed by atoms with Crippen molar-refractivity contribution in [3.05, 3.63) is 75.2 Å². The third kappa shape index (κ3) is 3.89. The highest BCUT2D eigenvalue weighted by Gasteiger charge is 2.29. The number of H-pyrrole nitrogens is 2. The summed E-state index contributed by atoms with van der Waals surface area (Å²) in [6, 6.07) is 13.6. The summed E-state index contributed by atoms with van der Waals surface area (Å²) in [6.07, 6.45) is 2.44. The number of pyridine rings is 1. The van der Waals surface area contributed by atoms with Gasteiger partial charge in [0.15, 0.2) is 5.65 Å². The van der Waals surface area contributed by atoms with Gasteiger partial charge in [0, 0.05) is 6.54 Å². The van der Waals surface area contributed by atoms with E-state index in [-0.39, 0.29) is 27.1 Å². The SMILES string of the molecule is Cc1cc(-c2nn[nH]n2)nc2c1[nH]c(=O)n2-c1cc(S(=O)(=O)N2CCCCc3ccccc32)ccc1Cl. The molecule has 2 aromatic carbocycles. The second-order valence-electron chi connectivity index (χ2n) is 8.80. The molecule has 0 saturated carbocycles. The summed E-state index contributed by atoms with van der Waals surface area (Å²) >= 11 is 6.53. The maximum Gasteiger partial charge on any atom is 0.332 e. The second-order valence-corrected chi connectivity index (χ2v) is 11.1. The molecule has 0 amide bonds. The predicted molar refractivity (Wildman–Crippen MR) is 139 cm³/mol. The normalized spacial score (nSPS) is 14.1. The largest absolute Gasteiger partial charge is 0.332 e. The van der Waals surface area contributed by atoms with E-state index in [4.69, 9.17) is 11.6 Å². The molecule has 188 valence electrons. The number of halogens is 1. The maximum atomic E-state index is 13.9. The number of aromatic amines is 2. The second kappa shape index (κ2) is 8.82. The Bertz CT molecular complexity index is 1810. The summed E-state index contributed by atoms with van der Waals surface area (Å²) in [4.78, 5) is 20.5. The Morgan fingerprint density at radius 2 is 1.89 bits per heavy atom. The highest BCUT2D eigenvalue weighted by molar-refractivity contribution is 7.92. The molecule has 0 unspecified atom stereocenters. The number of sulfonamides is 1. The van der Waals surface area contributed by atoms with Gasteiger partial charge in [-0.2, -0.15) is 5.21 Å². The first-order valence-corrected chi connectivity index (χ1v) is 13.4. The number of aromatic nitrogens is 7. The van der Waals surface area contributed by atoms with Crippen LogP contribution in [0.5, 0.6) is 0 Å². The standard InChI is InChI=1S/C24H21ClN8O3S/c1-14-12-18(22-28-30-31-29-22)26-23-21(14)27-24(34)33(23)20-13-16(9-10-17(20)25)37(35,36)32-11-5-4-7-15-6-2-3-8-19(15)32/h2-3,6,8-10,12-13H,4-5,7,11H2,1H3,(H,27,34)(H,28,29,30,31). The van der Waals surface area contributed by atoms with Gasteiger partial charge in [0.2, 0.25) is 5.82 Å². The zero-order valence-corrected chi connectivity index (χ0v) is 21.2. The van der Waals surface area contributed by atoms with Gasteiger partial charge in [0.1, 0.15) is 5.69 Å². The summed E-state index contributed by atoms with van der Waals surface area (Å²) in [7, 11) is -3.95. The molecule has 11 nitrogen and oxygen atoms in total. The number of tetrazole rings is 1. The molecule has 0 radical (unpaired) electrons. The van der Waals surface area contributed by atoms with E-state index in [0.29, 0.717) is 23.4 Å². The fraction of sp³-hybridized carbons (Fsp3) is 0.208. The van der Waals surface area contributed by atoms with Crippen LogP contribution in [0.4, 0.5) is 5.69 Å². The Morgan fingerprint density at radius 3 is 2.70 bits per heavy atom. The smallest absolute Gasteiger partial charge is 0.304 e. The van der Waals surface area contributed by atoms with Gasteiger partial charge < -0.3 is 4.98 Å². The molecule has 1 aliphatic heterocycles. The van der Waals surface area contributed by atoms with Crippen LogP contribution in [0, 0.1) is 6.92 Å². The maximum absolute atomic E-state index is 13.9. The number of hydrogen-bond donors (Lipinski definition) is 2. The van der Waals surface area contributed by atoms with Crippen molar-refractivity contribution in [1.29, 1.82) is 0 Å². The molecular weight excluding hydrogens is 516 g/mol. The number of rotatable bonds is 4. The van der Waals surface area contributed by atoms with Gasteiger partial charge in [-0.05, 0) is 72.9 Å². The Balaban J connectivity index is 1.52. The summed E-state index contributed by atoms with van der Waals surface area (Å²) < 4.78 is 30.5. The van der Waals surface area contributed by atoms with Crippen LogP contribution in [0.1, 0.15) is 24.0 Å². The van der Waals surface area contributed by atoms with Crippen molar-refractivity contribution in [1.82, 2.24) is 35.2 Å². The molecule has 13 heteroatoms. The molecule has 4 heterocycles. The summed E-state index contributed by atoms with van der Waals surface area (Å²) in [5.41, 5.74) is 3.22. The summed E-state index contributed by atoms with van der Waals surface area (Å²) in [5, 5.41) is 14.1. The molecule has 6 rings (SSSR count). The number of nitrogens with zero attached hydrogens (tertiary/aromatic N) is 6. The Morgan fingerprint density at radius 1 is 1.05 bits per heavy atom. The molecule has 0 fully saturated rings. The third-order valence-corrected chi connectivity index (χ3v) is 8.61. The zero-order chi connectivity index (χ0) is 25.7. The van der Waals surface area contributed by atoms with E-state index in [9.17, 15) is 13.2 Å². The molecule has 2 N–H and O–H groups in total. The fourth-order valence-corrected chi connectivity index (χ4v) is 6.46. The van der Waals surface area contributed by atoms with Gasteiger partial charge in [0.25, 0.3) is 10.0 Å². The van der Waals surface area contributed by atoms with Gasteiger partial charge in [-0.15, -0.1) is 10.2 Å². The highest BCUT2D eigenvalue weighted by atomic mass is 35.5. The topological polar surface area (TPSA) is 143 Å². The van der Waals surface area contributed by atoms with Gasteiger partial charge in [-0.1, -0.05) is 29.8 Å². The van der Waals surface area contributed by atoms with E-state index in [1.807, 2.05) is 31.2 Å². The predicted octanol–water partition coefficient (Wildman–Crippen LogP) is 3.39. The highest BCUT2D eigenvalue weighted by Crippen LogP contribution is 2.33. The van der Waals surface area contributed by atoms with Crippen LogP contribution in [0.3, 0.4) is 0 Å². The van der Waals surface area contributed by atoms with Gasteiger partial charge in [-0.25, -0.2) is 22.8 Å². The Labute approximate surface area is 216 Å². The molecule has 1 aliphatic rings. The van der Waals surface area contributed by atoms with Crippen molar-refractivity contribution in [2.24, 2.45) is 0 Å². The van der Waals surface area contributed by atoms with E-state index < -0.39 is 15.7 Å². The van der Waals surface area contributed by atoms with Crippen LogP contribution in [-0.4, -0.2) is 50.1 Å².